The highest BCUT2D eigenvalue weighted by atomic mass is 16.2. The number of benzene rings is 1. The molecule has 0 unspecified atom stereocenters. The lowest BCUT2D eigenvalue weighted by Crippen LogP contribution is -2.56. The van der Waals surface area contributed by atoms with Crippen LogP contribution < -0.4 is 0 Å². The average Bonchev–Trinajstić information content (AvgIpc) is 3.03. The minimum atomic E-state index is 0.125. The zero-order valence-corrected chi connectivity index (χ0v) is 14.2. The Balaban J connectivity index is 1.54. The van der Waals surface area contributed by atoms with Gasteiger partial charge in [0.1, 0.15) is 0 Å². The van der Waals surface area contributed by atoms with Crippen molar-refractivity contribution in [2.24, 2.45) is 0 Å². The molecular formula is C19H24N4O. The molecule has 0 saturated carbocycles. The van der Waals surface area contributed by atoms with Gasteiger partial charge in [0.15, 0.2) is 0 Å². The summed E-state index contributed by atoms with van der Waals surface area (Å²) < 4.78 is 1.85. The summed E-state index contributed by atoms with van der Waals surface area (Å²) in [5, 5.41) is 4.44. The van der Waals surface area contributed by atoms with Gasteiger partial charge >= 0.3 is 0 Å². The number of rotatable bonds is 2. The molecule has 0 N–H and O–H groups in total. The summed E-state index contributed by atoms with van der Waals surface area (Å²) in [6.07, 6.45) is 5.52. The largest absolute Gasteiger partial charge is 0.336 e. The van der Waals surface area contributed by atoms with Crippen LogP contribution in [-0.2, 0) is 0 Å². The highest BCUT2D eigenvalue weighted by Gasteiger charge is 2.32. The van der Waals surface area contributed by atoms with Crippen molar-refractivity contribution in [1.82, 2.24) is 19.6 Å². The van der Waals surface area contributed by atoms with Crippen LogP contribution in [0.5, 0.6) is 0 Å². The zero-order chi connectivity index (χ0) is 16.5. The van der Waals surface area contributed by atoms with E-state index in [4.69, 9.17) is 0 Å². The molecule has 1 atom stereocenters. The number of amides is 1. The van der Waals surface area contributed by atoms with E-state index in [1.165, 1.54) is 25.8 Å². The van der Waals surface area contributed by atoms with E-state index < -0.39 is 0 Å². The lowest BCUT2D eigenvalue weighted by molar-refractivity contribution is 0.0372. The van der Waals surface area contributed by atoms with Crippen LogP contribution in [0.1, 0.15) is 35.3 Å². The van der Waals surface area contributed by atoms with Crippen molar-refractivity contribution in [3.8, 4) is 5.69 Å². The fraction of sp³-hybridized carbons (Fsp3) is 0.474. The maximum Gasteiger partial charge on any atom is 0.257 e. The molecule has 5 heteroatoms. The number of fused-ring (bicyclic) bond motifs is 1. The van der Waals surface area contributed by atoms with Crippen LogP contribution in [0.4, 0.5) is 0 Å². The van der Waals surface area contributed by atoms with Crippen molar-refractivity contribution in [3.05, 3.63) is 47.8 Å². The molecule has 0 spiro atoms. The van der Waals surface area contributed by atoms with Gasteiger partial charge in [-0.15, -0.1) is 0 Å². The molecule has 0 radical (unpaired) electrons. The number of hydrogen-bond acceptors (Lipinski definition) is 3. The van der Waals surface area contributed by atoms with E-state index in [1.54, 1.807) is 6.20 Å². The Labute approximate surface area is 142 Å². The van der Waals surface area contributed by atoms with Crippen LogP contribution in [0, 0.1) is 6.92 Å². The third-order valence-corrected chi connectivity index (χ3v) is 5.37. The summed E-state index contributed by atoms with van der Waals surface area (Å²) in [5.74, 6) is 0.125. The number of para-hydroxylation sites is 1. The molecule has 2 aromatic rings. The summed E-state index contributed by atoms with van der Waals surface area (Å²) >= 11 is 0. The summed E-state index contributed by atoms with van der Waals surface area (Å²) in [4.78, 5) is 17.6. The molecular weight excluding hydrogens is 300 g/mol. The summed E-state index contributed by atoms with van der Waals surface area (Å²) in [7, 11) is 0. The quantitative estimate of drug-likeness (QED) is 0.852. The van der Waals surface area contributed by atoms with Gasteiger partial charge in [0.2, 0.25) is 0 Å². The smallest absolute Gasteiger partial charge is 0.257 e. The van der Waals surface area contributed by atoms with Gasteiger partial charge < -0.3 is 4.90 Å². The lowest BCUT2D eigenvalue weighted by atomic mass is 9.99. The van der Waals surface area contributed by atoms with Crippen molar-refractivity contribution in [2.45, 2.75) is 32.2 Å². The SMILES string of the molecule is Cc1c(C(=O)N2CCN3CCCC[C@H]3C2)cnn1-c1ccccc1. The first-order valence-electron chi connectivity index (χ1n) is 8.87. The van der Waals surface area contributed by atoms with Gasteiger partial charge in [0.05, 0.1) is 23.1 Å². The van der Waals surface area contributed by atoms with Gasteiger partial charge in [-0.25, -0.2) is 4.68 Å². The molecule has 5 nitrogen and oxygen atoms in total. The fourth-order valence-electron chi connectivity index (χ4n) is 3.96. The number of nitrogens with zero attached hydrogens (tertiary/aromatic N) is 4. The minimum Gasteiger partial charge on any atom is -0.336 e. The van der Waals surface area contributed by atoms with Crippen molar-refractivity contribution < 1.29 is 4.79 Å². The van der Waals surface area contributed by atoms with Gasteiger partial charge in [-0.2, -0.15) is 5.10 Å². The maximum atomic E-state index is 13.0. The molecule has 126 valence electrons. The summed E-state index contributed by atoms with van der Waals surface area (Å²) in [6, 6.07) is 10.5. The van der Waals surface area contributed by atoms with Crippen molar-refractivity contribution in [1.29, 1.82) is 0 Å². The Kier molecular flexibility index (Phi) is 4.10. The van der Waals surface area contributed by atoms with E-state index >= 15 is 0 Å². The molecule has 1 aromatic carbocycles. The van der Waals surface area contributed by atoms with Gasteiger partial charge in [0, 0.05) is 25.7 Å². The van der Waals surface area contributed by atoms with E-state index in [-0.39, 0.29) is 5.91 Å². The Hall–Kier alpha value is -2.14. The van der Waals surface area contributed by atoms with Gasteiger partial charge in [-0.3, -0.25) is 9.69 Å². The number of aromatic nitrogens is 2. The molecule has 4 rings (SSSR count). The second kappa shape index (κ2) is 6.40. The van der Waals surface area contributed by atoms with Crippen molar-refractivity contribution >= 4 is 5.91 Å². The van der Waals surface area contributed by atoms with Crippen LogP contribution >= 0.6 is 0 Å². The Morgan fingerprint density at radius 1 is 1.12 bits per heavy atom. The Morgan fingerprint density at radius 3 is 2.79 bits per heavy atom. The number of hydrogen-bond donors (Lipinski definition) is 0. The third kappa shape index (κ3) is 2.73. The molecule has 0 bridgehead atoms. The van der Waals surface area contributed by atoms with Crippen LogP contribution in [0.25, 0.3) is 5.69 Å². The molecule has 2 saturated heterocycles. The van der Waals surface area contributed by atoms with E-state index in [0.717, 1.165) is 36.6 Å². The van der Waals surface area contributed by atoms with Gasteiger partial charge in [0.25, 0.3) is 5.91 Å². The summed E-state index contributed by atoms with van der Waals surface area (Å²) in [5.41, 5.74) is 2.63. The zero-order valence-electron chi connectivity index (χ0n) is 14.2. The lowest BCUT2D eigenvalue weighted by Gasteiger charge is -2.44. The number of carbonyl (C=O) groups excluding carboxylic acids is 1. The first-order chi connectivity index (χ1) is 11.7. The van der Waals surface area contributed by atoms with Crippen molar-refractivity contribution in [2.75, 3.05) is 26.2 Å². The van der Waals surface area contributed by atoms with Crippen LogP contribution in [0.15, 0.2) is 36.5 Å². The van der Waals surface area contributed by atoms with Gasteiger partial charge in [-0.1, -0.05) is 24.6 Å². The van der Waals surface area contributed by atoms with E-state index in [0.29, 0.717) is 6.04 Å². The Bertz CT molecular complexity index is 724. The van der Waals surface area contributed by atoms with Crippen LogP contribution in [0.3, 0.4) is 0 Å². The van der Waals surface area contributed by atoms with Crippen LogP contribution in [0.2, 0.25) is 0 Å². The molecule has 2 aliphatic rings. The average molecular weight is 324 g/mol. The maximum absolute atomic E-state index is 13.0. The third-order valence-electron chi connectivity index (χ3n) is 5.37. The highest BCUT2D eigenvalue weighted by molar-refractivity contribution is 5.95. The predicted octanol–water partition coefficient (Wildman–Crippen LogP) is 2.49. The molecule has 1 amide bonds. The topological polar surface area (TPSA) is 41.4 Å². The van der Waals surface area contributed by atoms with Crippen LogP contribution in [-0.4, -0.2) is 57.7 Å². The molecule has 0 aliphatic carbocycles. The van der Waals surface area contributed by atoms with E-state index in [1.807, 2.05) is 46.8 Å². The molecule has 2 aliphatic heterocycles. The predicted molar refractivity (Wildman–Crippen MR) is 93.4 cm³/mol. The fourth-order valence-corrected chi connectivity index (χ4v) is 3.96. The second-order valence-corrected chi connectivity index (χ2v) is 6.83. The molecule has 3 heterocycles. The first kappa shape index (κ1) is 15.4. The van der Waals surface area contributed by atoms with E-state index in [2.05, 4.69) is 10.00 Å². The second-order valence-electron chi connectivity index (χ2n) is 6.83. The molecule has 2 fully saturated rings. The number of carbonyl (C=O) groups is 1. The summed E-state index contributed by atoms with van der Waals surface area (Å²) in [6.45, 7) is 5.85. The minimum absolute atomic E-state index is 0.125. The highest BCUT2D eigenvalue weighted by Crippen LogP contribution is 2.23. The monoisotopic (exact) mass is 324 g/mol. The van der Waals surface area contributed by atoms with E-state index in [9.17, 15) is 4.79 Å². The molecule has 1 aromatic heterocycles. The van der Waals surface area contributed by atoms with Gasteiger partial charge in [-0.05, 0) is 38.4 Å². The first-order valence-corrected chi connectivity index (χ1v) is 8.87. The number of piperidine rings is 1. The molecule has 24 heavy (non-hydrogen) atoms. The number of piperazine rings is 1. The Morgan fingerprint density at radius 2 is 1.96 bits per heavy atom. The van der Waals surface area contributed by atoms with Crippen molar-refractivity contribution in [3.63, 3.8) is 0 Å². The standard InChI is InChI=1S/C19H24N4O/c1-15-18(13-20-23(15)16-7-3-2-4-8-16)19(24)22-12-11-21-10-6-5-9-17(21)14-22/h2-4,7-8,13,17H,5-6,9-12,14H2,1H3/t17-/m0/s1. The normalized spacial score (nSPS) is 21.5.